The standard InChI is InChI=1S/C13H23N5O7S3/c14-8(13(24)25)1-2-10(20)17-9(6-26)12(23)18(5-11(21)22)28-27-4-3-15-16-7-19/h7-9,15,26H,1-6,14H2,(H,16,19)(H,17,20)(H,21,22)(H,24,25). The van der Waals surface area contributed by atoms with Gasteiger partial charge in [0.15, 0.2) is 0 Å². The fraction of sp³-hybridized carbons (Fsp3) is 0.615. The molecule has 7 N–H and O–H groups in total. The SMILES string of the molecule is NC(CCC(=O)NC(CS)C(=O)N(CC(=O)O)SSCCNNC=O)C(=O)O. The Kier molecular flexibility index (Phi) is 14.4. The van der Waals surface area contributed by atoms with E-state index < -0.39 is 42.4 Å². The van der Waals surface area contributed by atoms with Gasteiger partial charge in [-0.15, -0.1) is 0 Å². The highest BCUT2D eigenvalue weighted by molar-refractivity contribution is 8.75. The van der Waals surface area contributed by atoms with Gasteiger partial charge in [0, 0.05) is 35.5 Å². The van der Waals surface area contributed by atoms with E-state index >= 15 is 0 Å². The first-order valence-corrected chi connectivity index (χ1v) is 10.8. The summed E-state index contributed by atoms with van der Waals surface area (Å²) in [6.45, 7) is -0.220. The van der Waals surface area contributed by atoms with Crippen molar-refractivity contribution in [2.75, 3.05) is 24.6 Å². The van der Waals surface area contributed by atoms with Gasteiger partial charge in [0.2, 0.25) is 12.3 Å². The molecule has 0 aliphatic rings. The summed E-state index contributed by atoms with van der Waals surface area (Å²) < 4.78 is 0.976. The molecule has 160 valence electrons. The number of aliphatic carboxylic acids is 2. The van der Waals surface area contributed by atoms with Crippen LogP contribution in [0.4, 0.5) is 0 Å². The number of carboxylic acid groups (broad SMARTS) is 2. The molecule has 2 unspecified atom stereocenters. The van der Waals surface area contributed by atoms with E-state index in [0.717, 1.165) is 15.3 Å². The number of rotatable bonds is 16. The van der Waals surface area contributed by atoms with Crippen molar-refractivity contribution >= 4 is 64.6 Å². The van der Waals surface area contributed by atoms with Gasteiger partial charge < -0.3 is 21.3 Å². The van der Waals surface area contributed by atoms with Crippen LogP contribution in [-0.2, 0) is 24.0 Å². The Hall–Kier alpha value is -1.68. The summed E-state index contributed by atoms with van der Waals surface area (Å²) in [5.74, 6) is -3.37. The number of hydrogen-bond donors (Lipinski definition) is 7. The maximum Gasteiger partial charge on any atom is 0.324 e. The van der Waals surface area contributed by atoms with Crippen molar-refractivity contribution in [2.24, 2.45) is 5.73 Å². The van der Waals surface area contributed by atoms with Crippen molar-refractivity contribution in [1.29, 1.82) is 0 Å². The van der Waals surface area contributed by atoms with Crippen LogP contribution in [0.25, 0.3) is 0 Å². The highest BCUT2D eigenvalue weighted by Crippen LogP contribution is 2.26. The fourth-order valence-corrected chi connectivity index (χ4v) is 3.84. The third-order valence-electron chi connectivity index (χ3n) is 2.95. The molecule has 0 saturated heterocycles. The summed E-state index contributed by atoms with van der Waals surface area (Å²) in [5, 5.41) is 20.1. The Morgan fingerprint density at radius 1 is 1.25 bits per heavy atom. The van der Waals surface area contributed by atoms with E-state index in [1.54, 1.807) is 0 Å². The Bertz CT molecular complexity index is 555. The van der Waals surface area contributed by atoms with Crippen LogP contribution in [0.3, 0.4) is 0 Å². The number of thiol groups is 1. The van der Waals surface area contributed by atoms with Gasteiger partial charge in [-0.3, -0.25) is 33.7 Å². The van der Waals surface area contributed by atoms with E-state index in [4.69, 9.17) is 15.9 Å². The number of amides is 3. The van der Waals surface area contributed by atoms with Gasteiger partial charge in [0.1, 0.15) is 18.6 Å². The van der Waals surface area contributed by atoms with Crippen molar-refractivity contribution in [3.05, 3.63) is 0 Å². The van der Waals surface area contributed by atoms with Gasteiger partial charge in [-0.2, -0.15) is 12.6 Å². The zero-order valence-electron chi connectivity index (χ0n) is 14.7. The van der Waals surface area contributed by atoms with E-state index in [0.29, 0.717) is 18.7 Å². The van der Waals surface area contributed by atoms with Crippen LogP contribution in [-0.4, -0.2) is 81.4 Å². The average Bonchev–Trinajstić information content (AvgIpc) is 2.64. The predicted molar refractivity (Wildman–Crippen MR) is 107 cm³/mol. The first-order chi connectivity index (χ1) is 13.2. The second-order valence-corrected chi connectivity index (χ2v) is 7.89. The van der Waals surface area contributed by atoms with E-state index in [1.165, 1.54) is 10.8 Å². The Labute approximate surface area is 174 Å². The summed E-state index contributed by atoms with van der Waals surface area (Å²) in [4.78, 5) is 56.2. The molecule has 0 radical (unpaired) electrons. The molecule has 0 spiro atoms. The summed E-state index contributed by atoms with van der Waals surface area (Å²) in [7, 11) is 2.06. The molecule has 15 heteroatoms. The van der Waals surface area contributed by atoms with Crippen LogP contribution in [0.2, 0.25) is 0 Å². The number of nitrogens with one attached hydrogen (secondary N) is 3. The molecule has 0 bridgehead atoms. The molecule has 12 nitrogen and oxygen atoms in total. The third-order valence-corrected chi connectivity index (χ3v) is 5.64. The highest BCUT2D eigenvalue weighted by atomic mass is 33.1. The molecular weight excluding hydrogens is 434 g/mol. The maximum absolute atomic E-state index is 12.5. The summed E-state index contributed by atoms with van der Waals surface area (Å²) in [6.07, 6.45) is 0.141. The lowest BCUT2D eigenvalue weighted by Gasteiger charge is -2.24. The van der Waals surface area contributed by atoms with Crippen molar-refractivity contribution < 1.29 is 34.2 Å². The second-order valence-electron chi connectivity index (χ2n) is 5.14. The van der Waals surface area contributed by atoms with Crippen molar-refractivity contribution in [2.45, 2.75) is 24.9 Å². The molecule has 0 aliphatic heterocycles. The lowest BCUT2D eigenvalue weighted by molar-refractivity contribution is -0.141. The Morgan fingerprint density at radius 2 is 1.93 bits per heavy atom. The van der Waals surface area contributed by atoms with Crippen LogP contribution in [0.1, 0.15) is 12.8 Å². The molecule has 0 fully saturated rings. The maximum atomic E-state index is 12.5. The smallest absolute Gasteiger partial charge is 0.324 e. The highest BCUT2D eigenvalue weighted by Gasteiger charge is 2.27. The number of nitrogens with zero attached hydrogens (tertiary/aromatic N) is 1. The molecule has 0 saturated carbocycles. The average molecular weight is 458 g/mol. The Balaban J connectivity index is 4.67. The third kappa shape index (κ3) is 11.9. The van der Waals surface area contributed by atoms with Crippen molar-refractivity contribution in [3.63, 3.8) is 0 Å². The monoisotopic (exact) mass is 457 g/mol. The molecule has 2 atom stereocenters. The summed E-state index contributed by atoms with van der Waals surface area (Å²) >= 11 is 4.01. The fourth-order valence-electron chi connectivity index (χ4n) is 1.61. The molecule has 0 aromatic rings. The first-order valence-electron chi connectivity index (χ1n) is 7.86. The molecule has 0 rings (SSSR count). The van der Waals surface area contributed by atoms with E-state index in [2.05, 4.69) is 28.8 Å². The van der Waals surface area contributed by atoms with Crippen molar-refractivity contribution in [3.8, 4) is 0 Å². The van der Waals surface area contributed by atoms with Crippen LogP contribution in [0.15, 0.2) is 0 Å². The molecule has 0 heterocycles. The van der Waals surface area contributed by atoms with Gasteiger partial charge in [0.05, 0.1) is 0 Å². The molecule has 0 aromatic heterocycles. The number of carboxylic acids is 2. The number of carbonyl (C=O) groups is 5. The topological polar surface area (TPSA) is 191 Å². The van der Waals surface area contributed by atoms with E-state index in [9.17, 15) is 24.0 Å². The van der Waals surface area contributed by atoms with Gasteiger partial charge in [0.25, 0.3) is 5.91 Å². The van der Waals surface area contributed by atoms with Gasteiger partial charge in [-0.25, -0.2) is 5.43 Å². The number of nitrogens with two attached hydrogens (primary N) is 1. The molecular formula is C13H23N5O7S3. The molecule has 3 amide bonds. The van der Waals surface area contributed by atoms with Gasteiger partial charge >= 0.3 is 11.9 Å². The second kappa shape index (κ2) is 15.3. The van der Waals surface area contributed by atoms with Crippen molar-refractivity contribution in [1.82, 2.24) is 20.5 Å². The molecule has 0 aliphatic carbocycles. The normalized spacial score (nSPS) is 12.5. The number of hydrazine groups is 1. The zero-order chi connectivity index (χ0) is 21.5. The van der Waals surface area contributed by atoms with Crippen LogP contribution in [0, 0.1) is 0 Å². The summed E-state index contributed by atoms with van der Waals surface area (Å²) in [5.41, 5.74) is 10.1. The van der Waals surface area contributed by atoms with Crippen LogP contribution >= 0.6 is 34.4 Å². The first kappa shape index (κ1) is 26.3. The number of hydrogen-bond acceptors (Lipinski definition) is 10. The summed E-state index contributed by atoms with van der Waals surface area (Å²) in [6, 6.07) is -2.28. The quantitative estimate of drug-likeness (QED) is 0.0340. The largest absolute Gasteiger partial charge is 0.480 e. The molecule has 28 heavy (non-hydrogen) atoms. The van der Waals surface area contributed by atoms with Gasteiger partial charge in [-0.05, 0) is 6.42 Å². The minimum atomic E-state index is -1.24. The van der Waals surface area contributed by atoms with Crippen LogP contribution < -0.4 is 21.9 Å². The molecule has 0 aromatic carbocycles. The Morgan fingerprint density at radius 3 is 2.46 bits per heavy atom. The van der Waals surface area contributed by atoms with Gasteiger partial charge in [-0.1, -0.05) is 10.8 Å². The zero-order valence-corrected chi connectivity index (χ0v) is 17.2. The van der Waals surface area contributed by atoms with E-state index in [1.807, 2.05) is 0 Å². The van der Waals surface area contributed by atoms with Crippen LogP contribution in [0.5, 0.6) is 0 Å². The minimum absolute atomic E-state index is 0.0816. The minimum Gasteiger partial charge on any atom is -0.480 e. The number of carbonyl (C=O) groups excluding carboxylic acids is 3. The lowest BCUT2D eigenvalue weighted by Crippen LogP contribution is -2.48. The lowest BCUT2D eigenvalue weighted by atomic mass is 10.1. The van der Waals surface area contributed by atoms with E-state index in [-0.39, 0.29) is 18.6 Å². The predicted octanol–water partition coefficient (Wildman–Crippen LogP) is -1.95.